The van der Waals surface area contributed by atoms with Gasteiger partial charge in [0.05, 0.1) is 0 Å². The first-order chi connectivity index (χ1) is 5.05. The second-order valence-electron chi connectivity index (χ2n) is 4.42. The standard InChI is InChI=1S/C9H18FN/c1-9(2)4-3-7(5-9)8(10)6-11/h7-8H,3-6,11H2,1-2H3. The first-order valence-electron chi connectivity index (χ1n) is 4.39. The Labute approximate surface area is 68.2 Å². The van der Waals surface area contributed by atoms with Gasteiger partial charge in [-0.05, 0) is 30.6 Å². The van der Waals surface area contributed by atoms with Crippen molar-refractivity contribution in [2.75, 3.05) is 6.54 Å². The molecular weight excluding hydrogens is 141 g/mol. The van der Waals surface area contributed by atoms with Crippen molar-refractivity contribution < 1.29 is 4.39 Å². The molecule has 1 saturated carbocycles. The minimum Gasteiger partial charge on any atom is -0.328 e. The normalized spacial score (nSPS) is 32.2. The van der Waals surface area contributed by atoms with E-state index in [0.717, 1.165) is 19.3 Å². The molecule has 2 heteroatoms. The molecule has 1 aliphatic rings. The topological polar surface area (TPSA) is 26.0 Å². The highest BCUT2D eigenvalue weighted by molar-refractivity contribution is 4.86. The third kappa shape index (κ3) is 2.16. The second-order valence-corrected chi connectivity index (χ2v) is 4.42. The van der Waals surface area contributed by atoms with Crippen molar-refractivity contribution in [3.05, 3.63) is 0 Å². The summed E-state index contributed by atoms with van der Waals surface area (Å²) in [5, 5.41) is 0. The molecular formula is C9H18FN. The van der Waals surface area contributed by atoms with E-state index in [1.54, 1.807) is 0 Å². The van der Waals surface area contributed by atoms with Crippen molar-refractivity contribution in [2.45, 2.75) is 39.3 Å². The summed E-state index contributed by atoms with van der Waals surface area (Å²) < 4.78 is 13.1. The Morgan fingerprint density at radius 3 is 2.64 bits per heavy atom. The van der Waals surface area contributed by atoms with Crippen LogP contribution in [-0.2, 0) is 0 Å². The molecule has 1 rings (SSSR count). The van der Waals surface area contributed by atoms with Gasteiger partial charge in [-0.2, -0.15) is 0 Å². The van der Waals surface area contributed by atoms with Gasteiger partial charge in [0, 0.05) is 6.54 Å². The minimum atomic E-state index is -0.767. The lowest BCUT2D eigenvalue weighted by Gasteiger charge is -2.18. The van der Waals surface area contributed by atoms with Gasteiger partial charge >= 0.3 is 0 Å². The van der Waals surface area contributed by atoms with Crippen LogP contribution in [0.15, 0.2) is 0 Å². The Bertz CT molecular complexity index is 134. The molecule has 2 atom stereocenters. The van der Waals surface area contributed by atoms with E-state index in [1.165, 1.54) is 0 Å². The zero-order valence-electron chi connectivity index (χ0n) is 7.44. The molecule has 11 heavy (non-hydrogen) atoms. The molecule has 0 heterocycles. The summed E-state index contributed by atoms with van der Waals surface area (Å²) in [6, 6.07) is 0. The van der Waals surface area contributed by atoms with Gasteiger partial charge in [-0.1, -0.05) is 13.8 Å². The second kappa shape index (κ2) is 3.10. The molecule has 0 aromatic carbocycles. The van der Waals surface area contributed by atoms with Gasteiger partial charge in [0.2, 0.25) is 0 Å². The Hall–Kier alpha value is -0.110. The van der Waals surface area contributed by atoms with Crippen LogP contribution in [0.25, 0.3) is 0 Å². The maximum absolute atomic E-state index is 13.1. The summed E-state index contributed by atoms with van der Waals surface area (Å²) in [5.41, 5.74) is 5.62. The third-order valence-electron chi connectivity index (χ3n) is 2.74. The van der Waals surface area contributed by atoms with E-state index < -0.39 is 6.17 Å². The number of nitrogens with two attached hydrogens (primary N) is 1. The molecule has 66 valence electrons. The van der Waals surface area contributed by atoms with Gasteiger partial charge in [-0.25, -0.2) is 4.39 Å². The number of hydrogen-bond donors (Lipinski definition) is 1. The molecule has 2 N–H and O–H groups in total. The largest absolute Gasteiger partial charge is 0.328 e. The lowest BCUT2D eigenvalue weighted by molar-refractivity contribution is 0.222. The van der Waals surface area contributed by atoms with Crippen LogP contribution in [0, 0.1) is 11.3 Å². The molecule has 2 unspecified atom stereocenters. The van der Waals surface area contributed by atoms with Crippen molar-refractivity contribution >= 4 is 0 Å². The van der Waals surface area contributed by atoms with Crippen LogP contribution in [-0.4, -0.2) is 12.7 Å². The van der Waals surface area contributed by atoms with E-state index in [4.69, 9.17) is 5.73 Å². The van der Waals surface area contributed by atoms with Gasteiger partial charge in [0.15, 0.2) is 0 Å². The predicted molar refractivity (Wildman–Crippen MR) is 45.1 cm³/mol. The van der Waals surface area contributed by atoms with E-state index in [0.29, 0.717) is 5.41 Å². The molecule has 0 aromatic rings. The van der Waals surface area contributed by atoms with Crippen molar-refractivity contribution in [1.29, 1.82) is 0 Å². The molecule has 0 amide bonds. The SMILES string of the molecule is CC1(C)CCC(C(F)CN)C1. The summed E-state index contributed by atoms with van der Waals surface area (Å²) >= 11 is 0. The van der Waals surface area contributed by atoms with Gasteiger partial charge < -0.3 is 5.73 Å². The Morgan fingerprint density at radius 2 is 2.27 bits per heavy atom. The van der Waals surface area contributed by atoms with Gasteiger partial charge in [0.1, 0.15) is 6.17 Å². The van der Waals surface area contributed by atoms with Crippen molar-refractivity contribution in [3.63, 3.8) is 0 Å². The van der Waals surface area contributed by atoms with Crippen molar-refractivity contribution in [1.82, 2.24) is 0 Å². The maximum atomic E-state index is 13.1. The van der Waals surface area contributed by atoms with E-state index in [9.17, 15) is 4.39 Å². The highest BCUT2D eigenvalue weighted by Crippen LogP contribution is 2.42. The summed E-state index contributed by atoms with van der Waals surface area (Å²) in [7, 11) is 0. The fourth-order valence-corrected chi connectivity index (χ4v) is 1.99. The Balaban J connectivity index is 2.41. The monoisotopic (exact) mass is 159 g/mol. The summed E-state index contributed by atoms with van der Waals surface area (Å²) in [6.45, 7) is 4.60. The highest BCUT2D eigenvalue weighted by atomic mass is 19.1. The lowest BCUT2D eigenvalue weighted by Crippen LogP contribution is -2.23. The fourth-order valence-electron chi connectivity index (χ4n) is 1.99. The van der Waals surface area contributed by atoms with Crippen molar-refractivity contribution in [2.24, 2.45) is 17.1 Å². The fraction of sp³-hybridized carbons (Fsp3) is 1.00. The molecule has 1 fully saturated rings. The number of halogens is 1. The zero-order chi connectivity index (χ0) is 8.48. The van der Waals surface area contributed by atoms with Crippen LogP contribution in [0.5, 0.6) is 0 Å². The van der Waals surface area contributed by atoms with Gasteiger partial charge in [-0.15, -0.1) is 0 Å². The Kier molecular flexibility index (Phi) is 2.53. The van der Waals surface area contributed by atoms with Crippen LogP contribution >= 0.6 is 0 Å². The highest BCUT2D eigenvalue weighted by Gasteiger charge is 2.34. The predicted octanol–water partition coefficient (Wildman–Crippen LogP) is 2.11. The van der Waals surface area contributed by atoms with Crippen LogP contribution in [0.1, 0.15) is 33.1 Å². The molecule has 0 bridgehead atoms. The first kappa shape index (κ1) is 8.98. The molecule has 1 nitrogen and oxygen atoms in total. The van der Waals surface area contributed by atoms with Crippen LogP contribution in [0.3, 0.4) is 0 Å². The molecule has 0 spiro atoms. The number of rotatable bonds is 2. The molecule has 0 saturated heterocycles. The molecule has 1 aliphatic carbocycles. The third-order valence-corrected chi connectivity index (χ3v) is 2.74. The first-order valence-corrected chi connectivity index (χ1v) is 4.39. The average Bonchev–Trinajstić information content (AvgIpc) is 2.29. The minimum absolute atomic E-state index is 0.195. The van der Waals surface area contributed by atoms with Crippen LogP contribution in [0.4, 0.5) is 4.39 Å². The number of hydrogen-bond acceptors (Lipinski definition) is 1. The average molecular weight is 159 g/mol. The van der Waals surface area contributed by atoms with E-state index >= 15 is 0 Å². The smallest absolute Gasteiger partial charge is 0.115 e. The Morgan fingerprint density at radius 1 is 1.64 bits per heavy atom. The van der Waals surface area contributed by atoms with E-state index in [2.05, 4.69) is 13.8 Å². The van der Waals surface area contributed by atoms with Gasteiger partial charge in [-0.3, -0.25) is 0 Å². The molecule has 0 radical (unpaired) electrons. The quantitative estimate of drug-likeness (QED) is 0.656. The number of alkyl halides is 1. The lowest BCUT2D eigenvalue weighted by atomic mass is 9.89. The summed E-state index contributed by atoms with van der Waals surface area (Å²) in [6.07, 6.45) is 2.41. The maximum Gasteiger partial charge on any atom is 0.115 e. The summed E-state index contributed by atoms with van der Waals surface area (Å²) in [4.78, 5) is 0. The van der Waals surface area contributed by atoms with Crippen LogP contribution < -0.4 is 5.73 Å². The van der Waals surface area contributed by atoms with E-state index in [-0.39, 0.29) is 12.5 Å². The molecule has 0 aromatic heterocycles. The van der Waals surface area contributed by atoms with Gasteiger partial charge in [0.25, 0.3) is 0 Å². The van der Waals surface area contributed by atoms with Crippen molar-refractivity contribution in [3.8, 4) is 0 Å². The summed E-state index contributed by atoms with van der Waals surface area (Å²) in [5.74, 6) is 0.231. The zero-order valence-corrected chi connectivity index (χ0v) is 7.44. The molecule has 0 aliphatic heterocycles. The van der Waals surface area contributed by atoms with E-state index in [1.807, 2.05) is 0 Å². The van der Waals surface area contributed by atoms with Crippen LogP contribution in [0.2, 0.25) is 0 Å².